The second-order valence-corrected chi connectivity index (χ2v) is 3.61. The molecule has 0 aliphatic rings. The molecule has 0 amide bonds. The zero-order valence-corrected chi connectivity index (χ0v) is 8.48. The summed E-state index contributed by atoms with van der Waals surface area (Å²) in [6.07, 6.45) is 0. The molecule has 0 aromatic carbocycles. The van der Waals surface area contributed by atoms with E-state index >= 15 is 0 Å². The van der Waals surface area contributed by atoms with Crippen molar-refractivity contribution in [1.29, 1.82) is 0 Å². The molecule has 5 N–H and O–H groups in total. The number of hydrogen-bond donors (Lipinski definition) is 3. The van der Waals surface area contributed by atoms with Gasteiger partial charge in [-0.15, -0.1) is 0 Å². The Morgan fingerprint density at radius 3 is 2.60 bits per heavy atom. The Balaban J connectivity index is 2.89. The van der Waals surface area contributed by atoms with E-state index in [1.54, 1.807) is 0 Å². The topological polar surface area (TPSA) is 115 Å². The molecule has 0 spiro atoms. The molecular weight excluding hydrogens is 196 g/mol. The smallest absolute Gasteiger partial charge is 0.279 e. The number of rotatable bonds is 1. The molecule has 0 aliphatic carbocycles. The van der Waals surface area contributed by atoms with Crippen LogP contribution in [0.15, 0.2) is 4.79 Å². The molecule has 2 aromatic heterocycles. The van der Waals surface area contributed by atoms with Gasteiger partial charge in [0, 0.05) is 0 Å². The van der Waals surface area contributed by atoms with Gasteiger partial charge in [0.2, 0.25) is 5.95 Å². The second-order valence-electron chi connectivity index (χ2n) is 3.61. The van der Waals surface area contributed by atoms with E-state index in [1.807, 2.05) is 13.8 Å². The minimum absolute atomic E-state index is 0.00595. The van der Waals surface area contributed by atoms with Gasteiger partial charge in [-0.3, -0.25) is 9.89 Å². The molecule has 2 rings (SSSR count). The lowest BCUT2D eigenvalue weighted by molar-refractivity contribution is 0.800. The van der Waals surface area contributed by atoms with Gasteiger partial charge in [0.15, 0.2) is 0 Å². The minimum atomic E-state index is -0.253. The molecule has 7 heteroatoms. The molecule has 0 saturated carbocycles. The van der Waals surface area contributed by atoms with Crippen molar-refractivity contribution in [3.8, 4) is 0 Å². The standard InChI is InChI=1S/C8H12N6O/c1-3(2)4-5(9)11-8-12-7(10)13-14(8)6(4)15/h3H,9H2,1-2H3,(H3,10,11,12,13). The molecule has 15 heavy (non-hydrogen) atoms. The number of anilines is 2. The average Bonchev–Trinajstić information content (AvgIpc) is 2.45. The second kappa shape index (κ2) is 2.97. The Morgan fingerprint density at radius 1 is 1.33 bits per heavy atom. The van der Waals surface area contributed by atoms with Crippen LogP contribution in [-0.2, 0) is 0 Å². The largest absolute Gasteiger partial charge is 0.383 e. The number of aromatic amines is 1. The van der Waals surface area contributed by atoms with Crippen molar-refractivity contribution in [3.63, 3.8) is 0 Å². The highest BCUT2D eigenvalue weighted by molar-refractivity contribution is 5.47. The zero-order chi connectivity index (χ0) is 11.2. The number of nitrogens with one attached hydrogen (secondary N) is 1. The Labute approximate surface area is 85.1 Å². The van der Waals surface area contributed by atoms with E-state index in [1.165, 1.54) is 4.52 Å². The van der Waals surface area contributed by atoms with E-state index in [2.05, 4.69) is 15.1 Å². The Bertz CT molecular complexity index is 566. The Hall–Kier alpha value is -2.05. The fourth-order valence-electron chi connectivity index (χ4n) is 1.50. The maximum absolute atomic E-state index is 11.9. The maximum Gasteiger partial charge on any atom is 0.279 e. The van der Waals surface area contributed by atoms with Crippen LogP contribution in [-0.4, -0.2) is 19.6 Å². The first-order chi connectivity index (χ1) is 7.00. The van der Waals surface area contributed by atoms with E-state index in [0.29, 0.717) is 5.56 Å². The third-order valence-electron chi connectivity index (χ3n) is 2.15. The monoisotopic (exact) mass is 208 g/mol. The van der Waals surface area contributed by atoms with Crippen molar-refractivity contribution < 1.29 is 0 Å². The summed E-state index contributed by atoms with van der Waals surface area (Å²) < 4.78 is 1.20. The summed E-state index contributed by atoms with van der Waals surface area (Å²) in [7, 11) is 0. The van der Waals surface area contributed by atoms with Gasteiger partial charge in [0.25, 0.3) is 11.3 Å². The van der Waals surface area contributed by atoms with Gasteiger partial charge < -0.3 is 11.5 Å². The van der Waals surface area contributed by atoms with Gasteiger partial charge in [0.05, 0.1) is 5.56 Å². The van der Waals surface area contributed by atoms with Crippen LogP contribution in [0.4, 0.5) is 11.8 Å². The summed E-state index contributed by atoms with van der Waals surface area (Å²) in [6, 6.07) is 0. The van der Waals surface area contributed by atoms with Crippen molar-refractivity contribution in [3.05, 3.63) is 15.9 Å². The highest BCUT2D eigenvalue weighted by Gasteiger charge is 2.15. The number of aromatic nitrogens is 4. The predicted octanol–water partition coefficient (Wildman–Crippen LogP) is -0.295. The molecule has 2 heterocycles. The molecule has 80 valence electrons. The van der Waals surface area contributed by atoms with Gasteiger partial charge in [-0.05, 0) is 5.92 Å². The number of nitrogens with two attached hydrogens (primary N) is 2. The Kier molecular flexibility index (Phi) is 1.88. The fraction of sp³-hybridized carbons (Fsp3) is 0.375. The normalized spacial score (nSPS) is 11.4. The first kappa shape index (κ1) is 9.50. The molecule has 0 radical (unpaired) electrons. The van der Waals surface area contributed by atoms with Crippen LogP contribution in [0, 0.1) is 0 Å². The van der Waals surface area contributed by atoms with Crippen molar-refractivity contribution in [1.82, 2.24) is 19.6 Å². The predicted molar refractivity (Wildman–Crippen MR) is 56.5 cm³/mol. The first-order valence-electron chi connectivity index (χ1n) is 4.54. The third kappa shape index (κ3) is 1.32. The molecule has 0 fully saturated rings. The molecule has 2 aromatic rings. The van der Waals surface area contributed by atoms with Gasteiger partial charge in [-0.2, -0.15) is 14.5 Å². The van der Waals surface area contributed by atoms with E-state index in [-0.39, 0.29) is 29.0 Å². The molecular formula is C8H12N6O. The molecule has 0 aliphatic heterocycles. The summed E-state index contributed by atoms with van der Waals surface area (Å²) in [5, 5.41) is 2.60. The van der Waals surface area contributed by atoms with Crippen molar-refractivity contribution in [2.45, 2.75) is 19.8 Å². The molecule has 0 atom stereocenters. The molecule has 7 nitrogen and oxygen atoms in total. The SMILES string of the molecule is CC(C)c1c(N)nc2nc(N)[nH]n2c1=O. The van der Waals surface area contributed by atoms with Crippen LogP contribution in [0.1, 0.15) is 25.3 Å². The average molecular weight is 208 g/mol. The fourth-order valence-corrected chi connectivity index (χ4v) is 1.50. The van der Waals surface area contributed by atoms with Crippen LogP contribution in [0.3, 0.4) is 0 Å². The third-order valence-corrected chi connectivity index (χ3v) is 2.15. The van der Waals surface area contributed by atoms with Crippen molar-refractivity contribution >= 4 is 17.5 Å². The summed E-state index contributed by atoms with van der Waals surface area (Å²) in [6.45, 7) is 3.75. The summed E-state index contributed by atoms with van der Waals surface area (Å²) in [5.41, 5.74) is 11.3. The molecule has 0 unspecified atom stereocenters. The van der Waals surface area contributed by atoms with Gasteiger partial charge in [-0.1, -0.05) is 13.8 Å². The zero-order valence-electron chi connectivity index (χ0n) is 8.48. The number of nitrogens with zero attached hydrogens (tertiary/aromatic N) is 3. The van der Waals surface area contributed by atoms with Crippen LogP contribution in [0.5, 0.6) is 0 Å². The quantitative estimate of drug-likeness (QED) is 0.595. The number of hydrogen-bond acceptors (Lipinski definition) is 5. The molecule has 0 saturated heterocycles. The van der Waals surface area contributed by atoms with E-state index in [4.69, 9.17) is 11.5 Å². The highest BCUT2D eigenvalue weighted by Crippen LogP contribution is 2.15. The Morgan fingerprint density at radius 2 is 2.00 bits per heavy atom. The van der Waals surface area contributed by atoms with Gasteiger partial charge in [0.1, 0.15) is 5.82 Å². The lowest BCUT2D eigenvalue weighted by Gasteiger charge is -2.06. The number of fused-ring (bicyclic) bond motifs is 1. The lowest BCUT2D eigenvalue weighted by atomic mass is 10.1. The number of nitrogen functional groups attached to an aromatic ring is 2. The summed E-state index contributed by atoms with van der Waals surface area (Å²) in [5.74, 6) is 0.548. The number of H-pyrrole nitrogens is 1. The first-order valence-corrected chi connectivity index (χ1v) is 4.54. The van der Waals surface area contributed by atoms with E-state index in [0.717, 1.165) is 0 Å². The summed E-state index contributed by atoms with van der Waals surface area (Å²) >= 11 is 0. The van der Waals surface area contributed by atoms with Crippen molar-refractivity contribution in [2.75, 3.05) is 11.5 Å². The van der Waals surface area contributed by atoms with Crippen molar-refractivity contribution in [2.24, 2.45) is 0 Å². The molecule has 0 bridgehead atoms. The van der Waals surface area contributed by atoms with Gasteiger partial charge >= 0.3 is 0 Å². The maximum atomic E-state index is 11.9. The van der Waals surface area contributed by atoms with Crippen LogP contribution in [0.25, 0.3) is 5.78 Å². The van der Waals surface area contributed by atoms with Crippen LogP contribution >= 0.6 is 0 Å². The van der Waals surface area contributed by atoms with Crippen LogP contribution < -0.4 is 17.0 Å². The van der Waals surface area contributed by atoms with E-state index < -0.39 is 0 Å². The highest BCUT2D eigenvalue weighted by atomic mass is 16.1. The lowest BCUT2D eigenvalue weighted by Crippen LogP contribution is -2.23. The minimum Gasteiger partial charge on any atom is -0.383 e. The van der Waals surface area contributed by atoms with Gasteiger partial charge in [-0.25, -0.2) is 0 Å². The van der Waals surface area contributed by atoms with Crippen LogP contribution in [0.2, 0.25) is 0 Å². The summed E-state index contributed by atoms with van der Waals surface area (Å²) in [4.78, 5) is 19.7. The van der Waals surface area contributed by atoms with E-state index in [9.17, 15) is 4.79 Å².